The molecule has 0 aliphatic carbocycles. The van der Waals surface area contributed by atoms with Crippen molar-refractivity contribution in [2.24, 2.45) is 0 Å². The number of halogens is 3. The summed E-state index contributed by atoms with van der Waals surface area (Å²) in [7, 11) is -9.11. The Bertz CT molecular complexity index is 1030. The highest BCUT2D eigenvalue weighted by atomic mass is 32.3. The van der Waals surface area contributed by atoms with Crippen LogP contribution in [0.15, 0.2) is 99.6 Å². The summed E-state index contributed by atoms with van der Waals surface area (Å²) in [6.07, 6.45) is 0.500. The Morgan fingerprint density at radius 3 is 1.66 bits per heavy atom. The van der Waals surface area contributed by atoms with E-state index in [4.69, 9.17) is 3.63 Å². The minimum absolute atomic E-state index is 0.361. The molecule has 3 nitrogen and oxygen atoms in total. The van der Waals surface area contributed by atoms with E-state index in [1.165, 1.54) is 0 Å². The zero-order chi connectivity index (χ0) is 21.1. The summed E-state index contributed by atoms with van der Waals surface area (Å²) in [5, 5.41) is 0. The van der Waals surface area contributed by atoms with Crippen LogP contribution in [0.5, 0.6) is 0 Å². The van der Waals surface area contributed by atoms with Crippen LogP contribution >= 0.6 is 10.3 Å². The SMILES string of the molecule is CCc1ccccc1S(OS(=O)(=O)C(F)(F)F)(c1ccccc1)c1ccccc1. The molecule has 0 radical (unpaired) electrons. The summed E-state index contributed by atoms with van der Waals surface area (Å²) in [6, 6.07) is 23.3. The van der Waals surface area contributed by atoms with Crippen LogP contribution in [0.3, 0.4) is 0 Å². The van der Waals surface area contributed by atoms with Gasteiger partial charge in [-0.3, -0.25) is 0 Å². The Morgan fingerprint density at radius 1 is 0.759 bits per heavy atom. The molecule has 0 spiro atoms. The van der Waals surface area contributed by atoms with Gasteiger partial charge in [-0.25, -0.2) is 0 Å². The molecule has 0 unspecified atom stereocenters. The van der Waals surface area contributed by atoms with E-state index < -0.39 is 25.9 Å². The van der Waals surface area contributed by atoms with E-state index in [9.17, 15) is 21.6 Å². The Hall–Kier alpha value is -2.29. The summed E-state index contributed by atoms with van der Waals surface area (Å²) in [5.41, 5.74) is -4.83. The Morgan fingerprint density at radius 2 is 1.21 bits per heavy atom. The van der Waals surface area contributed by atoms with Gasteiger partial charge in [0, 0.05) is 14.7 Å². The van der Waals surface area contributed by atoms with Crippen molar-refractivity contribution in [3.63, 3.8) is 0 Å². The van der Waals surface area contributed by atoms with Gasteiger partial charge in [0.25, 0.3) is 0 Å². The second kappa shape index (κ2) is 8.22. The summed E-state index contributed by atoms with van der Waals surface area (Å²) >= 11 is 0. The highest BCUT2D eigenvalue weighted by Gasteiger charge is 2.52. The van der Waals surface area contributed by atoms with E-state index in [0.29, 0.717) is 26.7 Å². The smallest absolute Gasteiger partial charge is 0.200 e. The van der Waals surface area contributed by atoms with Gasteiger partial charge in [-0.05, 0) is 52.6 Å². The topological polar surface area (TPSA) is 43.4 Å². The van der Waals surface area contributed by atoms with Crippen molar-refractivity contribution >= 4 is 20.4 Å². The van der Waals surface area contributed by atoms with Crippen LogP contribution in [0, 0.1) is 0 Å². The Labute approximate surface area is 169 Å². The summed E-state index contributed by atoms with van der Waals surface area (Å²) < 4.78 is 69.9. The molecule has 0 N–H and O–H groups in total. The lowest BCUT2D eigenvalue weighted by atomic mass is 10.2. The van der Waals surface area contributed by atoms with Gasteiger partial charge in [0.2, 0.25) is 0 Å². The van der Waals surface area contributed by atoms with Gasteiger partial charge in [0.1, 0.15) is 0 Å². The molecule has 3 aromatic carbocycles. The largest absolute Gasteiger partial charge is 0.524 e. The quantitative estimate of drug-likeness (QED) is 0.422. The number of hydrogen-bond acceptors (Lipinski definition) is 3. The molecule has 0 aliphatic rings. The first-order chi connectivity index (χ1) is 13.7. The molecule has 154 valence electrons. The van der Waals surface area contributed by atoms with Crippen LogP contribution in [0.1, 0.15) is 12.5 Å². The predicted molar refractivity (Wildman–Crippen MR) is 107 cm³/mol. The fraction of sp³-hybridized carbons (Fsp3) is 0.143. The molecule has 0 saturated carbocycles. The number of benzene rings is 3. The molecule has 8 heteroatoms. The first-order valence-electron chi connectivity index (χ1n) is 8.76. The average Bonchev–Trinajstić information content (AvgIpc) is 2.72. The van der Waals surface area contributed by atoms with Crippen molar-refractivity contribution in [2.45, 2.75) is 33.5 Å². The highest BCUT2D eigenvalue weighted by Crippen LogP contribution is 2.71. The van der Waals surface area contributed by atoms with Gasteiger partial charge in [0.05, 0.1) is 0 Å². The average molecular weight is 441 g/mol. The molecular weight excluding hydrogens is 421 g/mol. The molecule has 0 fully saturated rings. The van der Waals surface area contributed by atoms with Crippen molar-refractivity contribution in [3.05, 3.63) is 90.5 Å². The fourth-order valence-corrected chi connectivity index (χ4v) is 8.00. The first-order valence-corrected chi connectivity index (χ1v) is 11.7. The predicted octanol–water partition coefficient (Wildman–Crippen LogP) is 6.31. The zero-order valence-corrected chi connectivity index (χ0v) is 17.1. The number of hydrogen-bond donors (Lipinski definition) is 0. The minimum Gasteiger partial charge on any atom is -0.200 e. The maximum atomic E-state index is 13.4. The number of alkyl halides is 3. The second-order valence-electron chi connectivity index (χ2n) is 6.11. The van der Waals surface area contributed by atoms with Gasteiger partial charge in [0.15, 0.2) is 0 Å². The van der Waals surface area contributed by atoms with Crippen LogP contribution in [0.25, 0.3) is 0 Å². The van der Waals surface area contributed by atoms with Gasteiger partial charge >= 0.3 is 15.6 Å². The van der Waals surface area contributed by atoms with Crippen molar-refractivity contribution in [1.29, 1.82) is 0 Å². The van der Waals surface area contributed by atoms with Crippen molar-refractivity contribution in [1.82, 2.24) is 0 Å². The molecule has 0 aliphatic heterocycles. The third kappa shape index (κ3) is 4.05. The van der Waals surface area contributed by atoms with Gasteiger partial charge in [-0.15, -0.1) is 0 Å². The fourth-order valence-electron chi connectivity index (χ4n) is 2.98. The molecular formula is C21H19F3O3S2. The van der Waals surface area contributed by atoms with Crippen LogP contribution in [0.2, 0.25) is 0 Å². The first kappa shape index (κ1) is 21.4. The maximum Gasteiger partial charge on any atom is 0.524 e. The van der Waals surface area contributed by atoms with E-state index >= 15 is 0 Å². The number of rotatable bonds is 6. The van der Waals surface area contributed by atoms with Crippen molar-refractivity contribution in [2.75, 3.05) is 0 Å². The van der Waals surface area contributed by atoms with Gasteiger partial charge < -0.3 is 0 Å². The third-order valence-corrected chi connectivity index (χ3v) is 9.28. The van der Waals surface area contributed by atoms with Gasteiger partial charge in [-0.2, -0.15) is 25.2 Å². The van der Waals surface area contributed by atoms with Crippen LogP contribution in [0.4, 0.5) is 13.2 Å². The second-order valence-corrected chi connectivity index (χ2v) is 10.5. The standard InChI is InChI=1S/C21H19F3O3S2/c1-2-17-11-9-10-16-20(17)28(18-12-5-3-6-13-18,19-14-7-4-8-15-19)27-29(25,26)21(22,23)24/h3-16H,2H2,1H3. The third-order valence-electron chi connectivity index (χ3n) is 4.29. The molecule has 0 amide bonds. The lowest BCUT2D eigenvalue weighted by molar-refractivity contribution is -0.0496. The molecule has 3 rings (SSSR count). The van der Waals surface area contributed by atoms with Crippen LogP contribution < -0.4 is 0 Å². The highest BCUT2D eigenvalue weighted by molar-refractivity contribution is 8.33. The van der Waals surface area contributed by atoms with Crippen molar-refractivity contribution < 1.29 is 25.2 Å². The molecule has 0 saturated heterocycles. The molecule has 0 heterocycles. The van der Waals surface area contributed by atoms with Crippen molar-refractivity contribution in [3.8, 4) is 0 Å². The summed E-state index contributed by atoms with van der Waals surface area (Å²) in [5.74, 6) is 0. The molecule has 0 atom stereocenters. The lowest BCUT2D eigenvalue weighted by Gasteiger charge is -2.40. The summed E-state index contributed by atoms with van der Waals surface area (Å²) in [4.78, 5) is 1.15. The lowest BCUT2D eigenvalue weighted by Crippen LogP contribution is -2.27. The normalized spacial score (nSPS) is 13.2. The zero-order valence-electron chi connectivity index (χ0n) is 15.5. The Kier molecular flexibility index (Phi) is 6.07. The van der Waals surface area contributed by atoms with Gasteiger partial charge in [-0.1, -0.05) is 61.5 Å². The monoisotopic (exact) mass is 440 g/mol. The molecule has 29 heavy (non-hydrogen) atoms. The molecule has 0 bridgehead atoms. The van der Waals surface area contributed by atoms with E-state index in [0.717, 1.165) is 0 Å². The van der Waals surface area contributed by atoms with E-state index in [2.05, 4.69) is 0 Å². The Balaban J connectivity index is 2.44. The van der Waals surface area contributed by atoms with Crippen LogP contribution in [-0.4, -0.2) is 13.9 Å². The minimum atomic E-state index is -5.89. The summed E-state index contributed by atoms with van der Waals surface area (Å²) in [6.45, 7) is 1.86. The van der Waals surface area contributed by atoms with E-state index in [1.54, 1.807) is 84.9 Å². The maximum absolute atomic E-state index is 13.4. The number of aryl methyl sites for hydroxylation is 1. The molecule has 3 aromatic rings. The van der Waals surface area contributed by atoms with E-state index in [-0.39, 0.29) is 0 Å². The molecule has 0 aromatic heterocycles. The van der Waals surface area contributed by atoms with Crippen LogP contribution in [-0.2, 0) is 20.2 Å². The van der Waals surface area contributed by atoms with E-state index in [1.807, 2.05) is 6.92 Å².